The minimum absolute atomic E-state index is 0.0604. The van der Waals surface area contributed by atoms with Gasteiger partial charge in [-0.25, -0.2) is 14.4 Å². The van der Waals surface area contributed by atoms with Gasteiger partial charge in [-0.1, -0.05) is 232 Å². The van der Waals surface area contributed by atoms with E-state index in [0.29, 0.717) is 37.4 Å². The zero-order chi connectivity index (χ0) is 77.2. The molecule has 0 aliphatic carbocycles. The molecule has 5 aliphatic rings. The van der Waals surface area contributed by atoms with Gasteiger partial charge in [0.05, 0.1) is 86.9 Å². The molecule has 110 heavy (non-hydrogen) atoms. The second kappa shape index (κ2) is 39.5. The number of ether oxygens (including phenoxy) is 16. The number of hydrogen-bond acceptors (Lipinski definition) is 20. The molecule has 7 aromatic rings. The molecule has 0 N–H and O–H groups in total. The molecule has 5 fully saturated rings. The lowest BCUT2D eigenvalue weighted by molar-refractivity contribution is -0.350. The zero-order valence-electron chi connectivity index (χ0n) is 64.6. The van der Waals surface area contributed by atoms with Crippen molar-refractivity contribution < 1.29 is 90.2 Å². The van der Waals surface area contributed by atoms with E-state index in [9.17, 15) is 19.9 Å². The van der Waals surface area contributed by atoms with Crippen LogP contribution in [0.1, 0.15) is 123 Å². The Morgan fingerprint density at radius 1 is 0.391 bits per heavy atom. The highest BCUT2D eigenvalue weighted by molar-refractivity contribution is 5.90. The zero-order valence-corrected chi connectivity index (χ0v) is 64.6. The van der Waals surface area contributed by atoms with Crippen LogP contribution in [-0.4, -0.2) is 156 Å². The van der Waals surface area contributed by atoms with Gasteiger partial charge in [-0.05, 0) is 105 Å². The lowest BCUT2D eigenvalue weighted by atomic mass is 9.79. The summed E-state index contributed by atoms with van der Waals surface area (Å²) >= 11 is 0. The Hall–Kier alpha value is -8.00. The summed E-state index contributed by atoms with van der Waals surface area (Å²) in [7, 11) is 0. The minimum Gasteiger partial charge on any atom is -0.459 e. The summed E-state index contributed by atoms with van der Waals surface area (Å²) in [6.07, 6.45) is -14.1. The minimum atomic E-state index is -1.20. The van der Waals surface area contributed by atoms with Gasteiger partial charge in [0, 0.05) is 28.6 Å². The standard InChI is InChI=1S/C88H107N3O19/c1-11-53(2)75-81(110-88-61(10)77(97-46-64-41-42-65-33-27-28-40-69(65)43-64)79(74(106-88)51-100-83(93)67-36-23-15-24-37-67)109-87-59(8)55(4)57(6)71(104-87)48-96-45-63-31-19-13-20-32-63)80(107-84(94)68-38-25-16-26-39-68)72(102-75)49-98-76-60(9)85(101-52-90-91-89)105-73(50-99-82(92)66-34-21-14-22-35-66)78(76)108-86-58(7)54(3)56(5)70(103-86)47-95-44-62-29-17-12-18-30-62/h12-43,53-61,70-81,85-88H,11,44-52H2,1-10H3/t53-,54+,55+,56-,57-,58?,59?,60?,61?,70?,71?,72+,73?,74?,75+,76-,77-,78+,79+,80-,81?,85+,86-,87-,88-/m1/s1. The fraction of sp³-hybridized carbons (Fsp3) is 0.511. The van der Waals surface area contributed by atoms with Gasteiger partial charge in [0.2, 0.25) is 0 Å². The summed E-state index contributed by atoms with van der Waals surface area (Å²) in [4.78, 5) is 46.1. The van der Waals surface area contributed by atoms with Crippen molar-refractivity contribution in [1.82, 2.24) is 0 Å². The van der Waals surface area contributed by atoms with Crippen LogP contribution in [0.2, 0.25) is 0 Å². The van der Waals surface area contributed by atoms with Crippen molar-refractivity contribution in [3.63, 3.8) is 0 Å². The summed E-state index contributed by atoms with van der Waals surface area (Å²) in [5.41, 5.74) is 13.4. The van der Waals surface area contributed by atoms with Crippen LogP contribution in [0, 0.1) is 53.3 Å². The van der Waals surface area contributed by atoms with Crippen molar-refractivity contribution in [2.24, 2.45) is 58.4 Å². The molecule has 0 amide bonds. The van der Waals surface area contributed by atoms with E-state index in [1.165, 1.54) is 0 Å². The van der Waals surface area contributed by atoms with Crippen LogP contribution in [0.15, 0.2) is 199 Å². The molecule has 0 saturated carbocycles. The van der Waals surface area contributed by atoms with Crippen molar-refractivity contribution in [2.45, 2.75) is 194 Å². The smallest absolute Gasteiger partial charge is 0.338 e. The van der Waals surface area contributed by atoms with Gasteiger partial charge in [-0.15, -0.1) is 0 Å². The lowest BCUT2D eigenvalue weighted by Crippen LogP contribution is -2.61. The first kappa shape index (κ1) is 81.5. The topological polar surface area (TPSA) is 248 Å². The van der Waals surface area contributed by atoms with Crippen molar-refractivity contribution in [2.75, 3.05) is 39.8 Å². The highest BCUT2D eigenvalue weighted by atomic mass is 16.8. The normalized spacial score (nSPS) is 31.9. The van der Waals surface area contributed by atoms with Crippen molar-refractivity contribution in [3.8, 4) is 0 Å². The Morgan fingerprint density at radius 3 is 1.33 bits per heavy atom. The van der Waals surface area contributed by atoms with Gasteiger partial charge in [-0.3, -0.25) is 0 Å². The van der Waals surface area contributed by atoms with Crippen LogP contribution in [0.3, 0.4) is 0 Å². The quantitative estimate of drug-likeness (QED) is 0.0122. The first-order chi connectivity index (χ1) is 53.4. The summed E-state index contributed by atoms with van der Waals surface area (Å²) in [5.74, 6) is -3.41. The van der Waals surface area contributed by atoms with E-state index < -0.39 is 129 Å². The molecule has 0 radical (unpaired) electrons. The fourth-order valence-corrected chi connectivity index (χ4v) is 15.5. The largest absolute Gasteiger partial charge is 0.459 e. The van der Waals surface area contributed by atoms with Gasteiger partial charge < -0.3 is 75.8 Å². The highest BCUT2D eigenvalue weighted by Crippen LogP contribution is 2.45. The SMILES string of the molecule is CC[C@@H](C)[C@@H]1O[C@@H](CO[C@@H]2C(C)[C@@H](OCN=[N+]=[N-])OC(COC(=O)c3ccccc3)[C@@H]2O[C@H]2OC(COCc3ccccc3)[C@H](C)[C@H](C)C2C)[C@@H](OC(=O)c2ccccc2)C1O[C@H]1OC(COC(=O)c2ccccc2)[C@H](O[C@H]2OC(COCc3ccccc3)[C@H](C)[C@H](C)C2C)[C@H](OCc2ccc3ccccc3c2)C1C. The van der Waals surface area contributed by atoms with Crippen LogP contribution in [0.4, 0.5) is 0 Å². The Kier molecular flexibility index (Phi) is 29.2. The molecule has 25 atom stereocenters. The first-order valence-corrected chi connectivity index (χ1v) is 39.0. The number of carbonyl (C=O) groups is 3. The summed E-state index contributed by atoms with van der Waals surface area (Å²) in [5, 5.41) is 5.82. The third-order valence-corrected chi connectivity index (χ3v) is 23.2. The van der Waals surface area contributed by atoms with Crippen LogP contribution in [-0.2, 0) is 95.6 Å². The molecule has 0 bridgehead atoms. The summed E-state index contributed by atoms with van der Waals surface area (Å²) in [6.45, 7) is 21.1. The summed E-state index contributed by atoms with van der Waals surface area (Å²) < 4.78 is 110. The maximum Gasteiger partial charge on any atom is 0.338 e. The maximum atomic E-state index is 15.0. The van der Waals surface area contributed by atoms with E-state index >= 15 is 0 Å². The molecular weight excluding hydrogens is 1400 g/mol. The molecule has 22 heteroatoms. The number of esters is 3. The van der Waals surface area contributed by atoms with Gasteiger partial charge in [0.25, 0.3) is 0 Å². The fourth-order valence-electron chi connectivity index (χ4n) is 15.5. The van der Waals surface area contributed by atoms with Crippen molar-refractivity contribution >= 4 is 28.7 Å². The highest BCUT2D eigenvalue weighted by Gasteiger charge is 2.57. The summed E-state index contributed by atoms with van der Waals surface area (Å²) in [6, 6.07) is 60.4. The van der Waals surface area contributed by atoms with Crippen molar-refractivity contribution in [1.29, 1.82) is 0 Å². The Morgan fingerprint density at radius 2 is 0.818 bits per heavy atom. The number of hydrogen-bond donors (Lipinski definition) is 0. The monoisotopic (exact) mass is 1510 g/mol. The van der Waals surface area contributed by atoms with Crippen molar-refractivity contribution in [3.05, 3.63) is 238 Å². The third-order valence-electron chi connectivity index (χ3n) is 23.2. The molecule has 5 aliphatic heterocycles. The van der Waals surface area contributed by atoms with E-state index in [-0.39, 0.29) is 86.1 Å². The van der Waals surface area contributed by atoms with E-state index in [1.54, 1.807) is 72.8 Å². The third kappa shape index (κ3) is 20.4. The predicted octanol–water partition coefficient (Wildman–Crippen LogP) is 15.7. The van der Waals surface area contributed by atoms with E-state index in [0.717, 1.165) is 27.5 Å². The Labute approximate surface area is 645 Å². The van der Waals surface area contributed by atoms with E-state index in [4.69, 9.17) is 75.8 Å². The molecule has 7 aromatic carbocycles. The number of azide groups is 1. The Bertz CT molecular complexity index is 4050. The number of rotatable bonds is 33. The van der Waals surface area contributed by atoms with Gasteiger partial charge in [0.1, 0.15) is 56.6 Å². The van der Waals surface area contributed by atoms with Gasteiger partial charge >= 0.3 is 17.9 Å². The molecule has 22 nitrogen and oxygen atoms in total. The molecule has 9 unspecified atom stereocenters. The molecular formula is C88H107N3O19. The molecule has 588 valence electrons. The van der Waals surface area contributed by atoms with Crippen LogP contribution >= 0.6 is 0 Å². The number of carbonyl (C=O) groups excluding carboxylic acids is 3. The molecule has 0 spiro atoms. The van der Waals surface area contributed by atoms with Crippen LogP contribution in [0.5, 0.6) is 0 Å². The van der Waals surface area contributed by atoms with Crippen LogP contribution in [0.25, 0.3) is 21.2 Å². The molecule has 12 rings (SSSR count). The number of fused-ring (bicyclic) bond motifs is 1. The van der Waals surface area contributed by atoms with Crippen LogP contribution < -0.4 is 0 Å². The van der Waals surface area contributed by atoms with Gasteiger partial charge in [0.15, 0.2) is 31.3 Å². The number of benzene rings is 7. The molecule has 5 heterocycles. The predicted molar refractivity (Wildman–Crippen MR) is 409 cm³/mol. The molecule has 0 aromatic heterocycles. The van der Waals surface area contributed by atoms with E-state index in [2.05, 4.69) is 82.8 Å². The van der Waals surface area contributed by atoms with E-state index in [1.807, 2.05) is 118 Å². The number of nitrogens with zero attached hydrogens (tertiary/aromatic N) is 3. The average molecular weight is 1510 g/mol. The Balaban J connectivity index is 0.887. The second-order valence-electron chi connectivity index (χ2n) is 30.3. The maximum absolute atomic E-state index is 15.0. The lowest BCUT2D eigenvalue weighted by Gasteiger charge is -2.49. The average Bonchev–Trinajstić information content (AvgIpc) is 1.42. The second-order valence-corrected chi connectivity index (χ2v) is 30.3. The first-order valence-electron chi connectivity index (χ1n) is 39.0. The van der Waals surface area contributed by atoms with Gasteiger partial charge in [-0.2, -0.15) is 0 Å². The molecule has 5 saturated heterocycles.